The summed E-state index contributed by atoms with van der Waals surface area (Å²) in [6, 6.07) is 8.98. The van der Waals surface area contributed by atoms with Crippen LogP contribution in [0.25, 0.3) is 0 Å². The van der Waals surface area contributed by atoms with Crippen LogP contribution in [-0.4, -0.2) is 36.5 Å². The molecule has 0 spiro atoms. The number of hydrogen-bond donors (Lipinski definition) is 2. The zero-order valence-corrected chi connectivity index (χ0v) is 13.2. The second-order valence-electron chi connectivity index (χ2n) is 4.43. The van der Waals surface area contributed by atoms with Gasteiger partial charge < -0.3 is 9.84 Å². The molecule has 7 nitrogen and oxygen atoms in total. The van der Waals surface area contributed by atoms with E-state index in [2.05, 4.69) is 9.10 Å². The molecule has 2 aromatic rings. The molecule has 22 heavy (non-hydrogen) atoms. The van der Waals surface area contributed by atoms with Crippen molar-refractivity contribution in [3.05, 3.63) is 41.4 Å². The quantitative estimate of drug-likeness (QED) is 0.791. The Bertz CT molecular complexity index is 743. The van der Waals surface area contributed by atoms with Crippen molar-refractivity contribution < 1.29 is 23.1 Å². The first-order valence-electron chi connectivity index (χ1n) is 6.29. The van der Waals surface area contributed by atoms with Gasteiger partial charge >= 0.3 is 5.97 Å². The minimum Gasteiger partial charge on any atom is -0.489 e. The fraction of sp³-hybridized carbons (Fsp3) is 0.231. The van der Waals surface area contributed by atoms with Crippen molar-refractivity contribution in [3.8, 4) is 5.75 Å². The maximum absolute atomic E-state index is 12.1. The van der Waals surface area contributed by atoms with Crippen LogP contribution in [0, 0.1) is 0 Å². The second-order valence-corrected chi connectivity index (χ2v) is 6.79. The molecule has 2 N–H and O–H groups in total. The van der Waals surface area contributed by atoms with E-state index in [1.807, 2.05) is 18.2 Å². The Morgan fingerprint density at radius 2 is 2.09 bits per heavy atom. The fourth-order valence-electron chi connectivity index (χ4n) is 1.64. The second kappa shape index (κ2) is 6.86. The molecule has 118 valence electrons. The summed E-state index contributed by atoms with van der Waals surface area (Å²) in [5.74, 6) is -0.757. The van der Waals surface area contributed by atoms with Gasteiger partial charge in [-0.2, -0.15) is 4.37 Å². The van der Waals surface area contributed by atoms with Crippen LogP contribution in [0.5, 0.6) is 5.75 Å². The summed E-state index contributed by atoms with van der Waals surface area (Å²) < 4.78 is 35.7. The third-order valence-corrected chi connectivity index (χ3v) is 4.89. The monoisotopic (exact) mass is 342 g/mol. The van der Waals surface area contributed by atoms with Crippen LogP contribution in [0.2, 0.25) is 0 Å². The highest BCUT2D eigenvalue weighted by molar-refractivity contribution is 7.89. The standard InChI is InChI=1S/C13H14N2O5S2/c1-9(20-10-5-3-2-4-6-10)7-14-22(18,19)11-8-21-15-12(11)13(16)17/h2-6,8-9,14H,7H2,1H3,(H,16,17). The van der Waals surface area contributed by atoms with Gasteiger partial charge in [-0.25, -0.2) is 17.9 Å². The van der Waals surface area contributed by atoms with Crippen LogP contribution in [0.15, 0.2) is 40.6 Å². The molecule has 0 aliphatic rings. The summed E-state index contributed by atoms with van der Waals surface area (Å²) in [7, 11) is -3.94. The number of sulfonamides is 1. The van der Waals surface area contributed by atoms with Crippen LogP contribution < -0.4 is 9.46 Å². The lowest BCUT2D eigenvalue weighted by molar-refractivity contribution is 0.0687. The lowest BCUT2D eigenvalue weighted by atomic mass is 10.3. The summed E-state index contributed by atoms with van der Waals surface area (Å²) in [5, 5.41) is 10.1. The highest BCUT2D eigenvalue weighted by Crippen LogP contribution is 2.17. The predicted octanol–water partition coefficient (Wildman–Crippen LogP) is 1.59. The third kappa shape index (κ3) is 4.03. The SMILES string of the molecule is CC(CNS(=O)(=O)c1csnc1C(=O)O)Oc1ccccc1. The summed E-state index contributed by atoms with van der Waals surface area (Å²) >= 11 is 0.777. The van der Waals surface area contributed by atoms with Gasteiger partial charge in [0.15, 0.2) is 5.69 Å². The first-order chi connectivity index (χ1) is 10.4. The highest BCUT2D eigenvalue weighted by atomic mass is 32.2. The zero-order valence-electron chi connectivity index (χ0n) is 11.6. The van der Waals surface area contributed by atoms with Crippen LogP contribution in [-0.2, 0) is 10.0 Å². The number of ether oxygens (including phenoxy) is 1. The number of hydrogen-bond acceptors (Lipinski definition) is 6. The van der Waals surface area contributed by atoms with Crippen LogP contribution in [0.4, 0.5) is 0 Å². The molecule has 0 bridgehead atoms. The first-order valence-corrected chi connectivity index (χ1v) is 8.61. The van der Waals surface area contributed by atoms with Gasteiger partial charge in [0.25, 0.3) is 0 Å². The van der Waals surface area contributed by atoms with E-state index >= 15 is 0 Å². The number of carboxylic acid groups (broad SMARTS) is 1. The van der Waals surface area contributed by atoms with Crippen molar-refractivity contribution in [2.45, 2.75) is 17.9 Å². The van der Waals surface area contributed by atoms with E-state index in [1.165, 1.54) is 5.38 Å². The lowest BCUT2D eigenvalue weighted by Gasteiger charge is -2.15. The Morgan fingerprint density at radius 1 is 1.41 bits per heavy atom. The van der Waals surface area contributed by atoms with Gasteiger partial charge in [0.1, 0.15) is 16.7 Å². The maximum Gasteiger partial charge on any atom is 0.357 e. The summed E-state index contributed by atoms with van der Waals surface area (Å²) in [4.78, 5) is 10.6. The largest absolute Gasteiger partial charge is 0.489 e. The van der Waals surface area contributed by atoms with Gasteiger partial charge in [0.2, 0.25) is 10.0 Å². The van der Waals surface area contributed by atoms with E-state index in [-0.39, 0.29) is 11.4 Å². The molecular formula is C13H14N2O5S2. The minimum absolute atomic E-state index is 0.00608. The molecule has 0 saturated carbocycles. The molecule has 1 unspecified atom stereocenters. The molecule has 0 saturated heterocycles. The van der Waals surface area contributed by atoms with Crippen molar-refractivity contribution >= 4 is 27.5 Å². The minimum atomic E-state index is -3.94. The zero-order chi connectivity index (χ0) is 16.2. The Kier molecular flexibility index (Phi) is 5.11. The van der Waals surface area contributed by atoms with Crippen molar-refractivity contribution in [3.63, 3.8) is 0 Å². The molecule has 1 atom stereocenters. The molecule has 1 aromatic heterocycles. The average molecular weight is 342 g/mol. The lowest BCUT2D eigenvalue weighted by Crippen LogP contribution is -2.34. The van der Waals surface area contributed by atoms with Gasteiger partial charge in [-0.1, -0.05) is 18.2 Å². The van der Waals surface area contributed by atoms with E-state index in [4.69, 9.17) is 9.84 Å². The Hall–Kier alpha value is -1.97. The molecule has 1 aromatic carbocycles. The number of rotatable bonds is 7. The summed E-state index contributed by atoms with van der Waals surface area (Å²) in [6.45, 7) is 1.71. The summed E-state index contributed by atoms with van der Waals surface area (Å²) in [5.41, 5.74) is -0.478. The molecule has 0 amide bonds. The van der Waals surface area contributed by atoms with E-state index in [1.54, 1.807) is 19.1 Å². The van der Waals surface area contributed by atoms with E-state index in [0.717, 1.165) is 11.5 Å². The van der Waals surface area contributed by atoms with Crippen molar-refractivity contribution in [2.75, 3.05) is 6.54 Å². The molecule has 0 fully saturated rings. The van der Waals surface area contributed by atoms with Crippen LogP contribution >= 0.6 is 11.5 Å². The molecule has 0 aliphatic carbocycles. The molecule has 0 aliphatic heterocycles. The first kappa shape index (κ1) is 16.4. The van der Waals surface area contributed by atoms with Gasteiger partial charge in [-0.3, -0.25) is 0 Å². The van der Waals surface area contributed by atoms with Crippen LogP contribution in [0.3, 0.4) is 0 Å². The van der Waals surface area contributed by atoms with Crippen molar-refractivity contribution in [1.82, 2.24) is 9.10 Å². The fourth-order valence-corrected chi connectivity index (χ4v) is 3.87. The summed E-state index contributed by atoms with van der Waals surface area (Å²) in [6.07, 6.45) is -0.419. The van der Waals surface area contributed by atoms with Gasteiger partial charge in [-0.15, -0.1) is 0 Å². The average Bonchev–Trinajstić information content (AvgIpc) is 2.97. The van der Waals surface area contributed by atoms with E-state index in [0.29, 0.717) is 5.75 Å². The number of aromatic carboxylic acids is 1. The van der Waals surface area contributed by atoms with Gasteiger partial charge in [0, 0.05) is 11.9 Å². The molecule has 0 radical (unpaired) electrons. The predicted molar refractivity (Wildman–Crippen MR) is 80.8 cm³/mol. The smallest absolute Gasteiger partial charge is 0.357 e. The third-order valence-electron chi connectivity index (χ3n) is 2.67. The number of nitrogens with one attached hydrogen (secondary N) is 1. The Morgan fingerprint density at radius 3 is 2.73 bits per heavy atom. The van der Waals surface area contributed by atoms with E-state index in [9.17, 15) is 13.2 Å². The Balaban J connectivity index is 2.00. The molecule has 1 heterocycles. The van der Waals surface area contributed by atoms with Crippen molar-refractivity contribution in [2.24, 2.45) is 0 Å². The number of benzene rings is 1. The molecule has 9 heteroatoms. The normalized spacial score (nSPS) is 12.8. The van der Waals surface area contributed by atoms with Gasteiger partial charge in [0.05, 0.1) is 0 Å². The van der Waals surface area contributed by atoms with Gasteiger partial charge in [-0.05, 0) is 30.6 Å². The van der Waals surface area contributed by atoms with Crippen LogP contribution in [0.1, 0.15) is 17.4 Å². The molecular weight excluding hydrogens is 328 g/mol. The number of nitrogens with zero attached hydrogens (tertiary/aromatic N) is 1. The number of aromatic nitrogens is 1. The topological polar surface area (TPSA) is 106 Å². The number of carboxylic acids is 1. The number of carbonyl (C=O) groups is 1. The molecule has 2 rings (SSSR count). The van der Waals surface area contributed by atoms with Crippen molar-refractivity contribution in [1.29, 1.82) is 0 Å². The highest BCUT2D eigenvalue weighted by Gasteiger charge is 2.25. The number of para-hydroxylation sites is 1. The van der Waals surface area contributed by atoms with E-state index < -0.39 is 27.8 Å². The maximum atomic E-state index is 12.1. The Labute approximate surface area is 131 Å².